The number of nitrogens with zero attached hydrogens (tertiary/aromatic N) is 1. The van der Waals surface area contributed by atoms with E-state index in [4.69, 9.17) is 9.26 Å². The Hall–Kier alpha value is -2.82. The molecule has 4 rings (SSSR count). The molecule has 0 saturated carbocycles. The largest absolute Gasteiger partial charge is 0.490 e. The Morgan fingerprint density at radius 2 is 2.08 bits per heavy atom. The summed E-state index contributed by atoms with van der Waals surface area (Å²) in [6.45, 7) is 4.56. The van der Waals surface area contributed by atoms with Gasteiger partial charge in [0.05, 0.1) is 12.5 Å². The lowest BCUT2D eigenvalue weighted by Gasteiger charge is -2.12. The molecule has 1 aromatic heterocycles. The quantitative estimate of drug-likeness (QED) is 0.804. The maximum absolute atomic E-state index is 12.4. The first-order valence-corrected chi connectivity index (χ1v) is 7.99. The molecule has 0 aliphatic carbocycles. The number of carbonyl (C=O) groups excluding carboxylic acids is 1. The molecule has 1 amide bonds. The lowest BCUT2D eigenvalue weighted by Crippen LogP contribution is -2.30. The fraction of sp³-hybridized carbons (Fsp3) is 0.263. The Bertz CT molecular complexity index is 930. The van der Waals surface area contributed by atoms with Crippen molar-refractivity contribution in [3.63, 3.8) is 0 Å². The highest BCUT2D eigenvalue weighted by Crippen LogP contribution is 2.36. The van der Waals surface area contributed by atoms with Crippen LogP contribution < -0.4 is 10.1 Å². The summed E-state index contributed by atoms with van der Waals surface area (Å²) < 4.78 is 11.0. The van der Waals surface area contributed by atoms with E-state index in [0.717, 1.165) is 22.3 Å². The molecule has 0 saturated heterocycles. The van der Waals surface area contributed by atoms with Gasteiger partial charge in [0.2, 0.25) is 5.91 Å². The molecule has 0 radical (unpaired) electrons. The Kier molecular flexibility index (Phi) is 3.49. The van der Waals surface area contributed by atoms with Crippen LogP contribution in [-0.2, 0) is 11.2 Å². The van der Waals surface area contributed by atoms with E-state index in [9.17, 15) is 4.79 Å². The van der Waals surface area contributed by atoms with Crippen LogP contribution in [0.25, 0.3) is 11.0 Å². The van der Waals surface area contributed by atoms with Crippen molar-refractivity contribution in [2.24, 2.45) is 0 Å². The van der Waals surface area contributed by atoms with E-state index < -0.39 is 0 Å². The van der Waals surface area contributed by atoms with Gasteiger partial charge in [-0.15, -0.1) is 0 Å². The van der Waals surface area contributed by atoms with Crippen LogP contribution in [0.15, 0.2) is 40.9 Å². The molecule has 3 aromatic rings. The van der Waals surface area contributed by atoms with Crippen molar-refractivity contribution in [2.75, 3.05) is 6.61 Å². The summed E-state index contributed by atoms with van der Waals surface area (Å²) in [6, 6.07) is 11.5. The van der Waals surface area contributed by atoms with E-state index in [1.807, 2.05) is 37.3 Å². The van der Waals surface area contributed by atoms with Crippen molar-refractivity contribution in [3.8, 4) is 5.75 Å². The molecule has 2 heterocycles. The van der Waals surface area contributed by atoms with Crippen LogP contribution in [0.5, 0.6) is 5.75 Å². The van der Waals surface area contributed by atoms with Crippen LogP contribution in [0.1, 0.15) is 28.4 Å². The van der Waals surface area contributed by atoms with E-state index in [2.05, 4.69) is 23.5 Å². The Labute approximate surface area is 139 Å². The average molecular weight is 322 g/mol. The molecule has 1 aliphatic rings. The molecule has 1 aliphatic heterocycles. The zero-order valence-corrected chi connectivity index (χ0v) is 13.6. The van der Waals surface area contributed by atoms with Gasteiger partial charge in [-0.3, -0.25) is 4.79 Å². The average Bonchev–Trinajstić information content (AvgIpc) is 3.16. The first kappa shape index (κ1) is 14.8. The molecule has 5 heteroatoms. The van der Waals surface area contributed by atoms with Gasteiger partial charge in [-0.05, 0) is 37.1 Å². The van der Waals surface area contributed by atoms with Crippen molar-refractivity contribution >= 4 is 16.9 Å². The molecule has 122 valence electrons. The SMILES string of the molecule is Cc1ccc2c(c1C)OC[C@H]2NC(=O)Cc1noc2ccccc12. The van der Waals surface area contributed by atoms with Crippen LogP contribution in [-0.4, -0.2) is 17.7 Å². The first-order valence-electron chi connectivity index (χ1n) is 7.99. The Morgan fingerprint density at radius 1 is 1.25 bits per heavy atom. The van der Waals surface area contributed by atoms with Gasteiger partial charge in [0.25, 0.3) is 0 Å². The molecule has 0 fully saturated rings. The number of fused-ring (bicyclic) bond motifs is 2. The minimum Gasteiger partial charge on any atom is -0.490 e. The molecule has 0 bridgehead atoms. The third-order valence-corrected chi connectivity index (χ3v) is 4.59. The molecule has 5 nitrogen and oxygen atoms in total. The summed E-state index contributed by atoms with van der Waals surface area (Å²) >= 11 is 0. The third kappa shape index (κ3) is 2.42. The Balaban J connectivity index is 1.51. The second kappa shape index (κ2) is 5.67. The highest BCUT2D eigenvalue weighted by molar-refractivity contribution is 5.86. The molecule has 1 atom stereocenters. The monoisotopic (exact) mass is 322 g/mol. The van der Waals surface area contributed by atoms with Crippen LogP contribution >= 0.6 is 0 Å². The minimum absolute atomic E-state index is 0.0891. The standard InChI is InChI=1S/C19H18N2O3/c1-11-7-8-14-16(10-23-19(14)12(11)2)20-18(22)9-15-13-5-3-4-6-17(13)24-21-15/h3-8,16H,9-10H2,1-2H3,(H,20,22)/t16-/m1/s1. The van der Waals surface area contributed by atoms with E-state index in [1.54, 1.807) is 0 Å². The number of aromatic nitrogens is 1. The number of ether oxygens (including phenoxy) is 1. The number of para-hydroxylation sites is 1. The van der Waals surface area contributed by atoms with Gasteiger partial charge in [0.15, 0.2) is 5.58 Å². The number of hydrogen-bond donors (Lipinski definition) is 1. The highest BCUT2D eigenvalue weighted by Gasteiger charge is 2.27. The van der Waals surface area contributed by atoms with E-state index in [-0.39, 0.29) is 18.4 Å². The highest BCUT2D eigenvalue weighted by atomic mass is 16.5. The normalized spacial score (nSPS) is 16.0. The van der Waals surface area contributed by atoms with Gasteiger partial charge in [-0.25, -0.2) is 0 Å². The summed E-state index contributed by atoms with van der Waals surface area (Å²) in [5.41, 5.74) is 4.71. The van der Waals surface area contributed by atoms with Crippen molar-refractivity contribution in [3.05, 3.63) is 58.8 Å². The molecule has 0 unspecified atom stereocenters. The van der Waals surface area contributed by atoms with Crippen LogP contribution in [0.2, 0.25) is 0 Å². The number of amides is 1. The van der Waals surface area contributed by atoms with Gasteiger partial charge in [-0.2, -0.15) is 0 Å². The summed E-state index contributed by atoms with van der Waals surface area (Å²) in [7, 11) is 0. The van der Waals surface area contributed by atoms with Crippen molar-refractivity contribution in [2.45, 2.75) is 26.3 Å². The predicted octanol–water partition coefficient (Wildman–Crippen LogP) is 3.24. The van der Waals surface area contributed by atoms with E-state index >= 15 is 0 Å². The van der Waals surface area contributed by atoms with Crippen molar-refractivity contribution in [1.82, 2.24) is 10.5 Å². The van der Waals surface area contributed by atoms with Crippen LogP contribution in [0, 0.1) is 13.8 Å². The van der Waals surface area contributed by atoms with E-state index in [0.29, 0.717) is 17.9 Å². The second-order valence-corrected chi connectivity index (χ2v) is 6.16. The molecule has 1 N–H and O–H groups in total. The first-order chi connectivity index (χ1) is 11.6. The zero-order valence-electron chi connectivity index (χ0n) is 13.6. The lowest BCUT2D eigenvalue weighted by atomic mass is 10.0. The number of carbonyl (C=O) groups is 1. The van der Waals surface area contributed by atoms with Crippen LogP contribution in [0.4, 0.5) is 0 Å². The van der Waals surface area contributed by atoms with Gasteiger partial charge in [0.1, 0.15) is 18.1 Å². The minimum atomic E-state index is -0.120. The molecule has 0 spiro atoms. The van der Waals surface area contributed by atoms with E-state index in [1.165, 1.54) is 5.56 Å². The predicted molar refractivity (Wildman–Crippen MR) is 90.0 cm³/mol. The maximum Gasteiger partial charge on any atom is 0.226 e. The summed E-state index contributed by atoms with van der Waals surface area (Å²) in [5.74, 6) is 0.806. The fourth-order valence-electron chi connectivity index (χ4n) is 3.12. The van der Waals surface area contributed by atoms with Crippen molar-refractivity contribution in [1.29, 1.82) is 0 Å². The second-order valence-electron chi connectivity index (χ2n) is 6.16. The molecule has 24 heavy (non-hydrogen) atoms. The third-order valence-electron chi connectivity index (χ3n) is 4.59. The number of aryl methyl sites for hydroxylation is 1. The topological polar surface area (TPSA) is 64.4 Å². The number of benzene rings is 2. The Morgan fingerprint density at radius 3 is 2.96 bits per heavy atom. The zero-order chi connectivity index (χ0) is 16.7. The summed E-state index contributed by atoms with van der Waals surface area (Å²) in [4.78, 5) is 12.4. The number of nitrogens with one attached hydrogen (secondary N) is 1. The molecule has 2 aromatic carbocycles. The summed E-state index contributed by atoms with van der Waals surface area (Å²) in [6.07, 6.45) is 0.188. The number of hydrogen-bond acceptors (Lipinski definition) is 4. The maximum atomic E-state index is 12.4. The summed E-state index contributed by atoms with van der Waals surface area (Å²) in [5, 5.41) is 7.93. The van der Waals surface area contributed by atoms with Crippen molar-refractivity contribution < 1.29 is 14.1 Å². The van der Waals surface area contributed by atoms with Gasteiger partial charge in [-0.1, -0.05) is 29.4 Å². The van der Waals surface area contributed by atoms with Gasteiger partial charge in [0, 0.05) is 10.9 Å². The fourth-order valence-corrected chi connectivity index (χ4v) is 3.12. The molecular weight excluding hydrogens is 304 g/mol. The molecular formula is C19H18N2O3. The smallest absolute Gasteiger partial charge is 0.226 e. The number of rotatable bonds is 3. The van der Waals surface area contributed by atoms with Crippen LogP contribution in [0.3, 0.4) is 0 Å². The van der Waals surface area contributed by atoms with Gasteiger partial charge >= 0.3 is 0 Å². The van der Waals surface area contributed by atoms with Gasteiger partial charge < -0.3 is 14.6 Å². The lowest BCUT2D eigenvalue weighted by molar-refractivity contribution is -0.121.